The lowest BCUT2D eigenvalue weighted by Gasteiger charge is -2.33. The molecule has 0 amide bonds. The van der Waals surface area contributed by atoms with E-state index >= 15 is 0 Å². The highest BCUT2D eigenvalue weighted by Crippen LogP contribution is 2.52. The fourth-order valence-corrected chi connectivity index (χ4v) is 4.77. The molecule has 1 fully saturated rings. The maximum Gasteiger partial charge on any atom is 0.333 e. The van der Waals surface area contributed by atoms with Crippen LogP contribution in [0.1, 0.15) is 47.5 Å². The molecular weight excluding hydrogens is 352 g/mol. The van der Waals surface area contributed by atoms with Gasteiger partial charge in [-0.25, -0.2) is 4.79 Å². The Hall–Kier alpha value is -1.70. The Morgan fingerprint density at radius 2 is 1.81 bits per heavy atom. The largest absolute Gasteiger partial charge is 0.458 e. The Morgan fingerprint density at radius 1 is 1.22 bits per heavy atom. The van der Waals surface area contributed by atoms with Crippen molar-refractivity contribution in [2.45, 2.75) is 77.0 Å². The summed E-state index contributed by atoms with van der Waals surface area (Å²) >= 11 is 0. The Morgan fingerprint density at radius 3 is 2.41 bits per heavy atom. The van der Waals surface area contributed by atoms with Crippen molar-refractivity contribution in [1.29, 1.82) is 0 Å². The van der Waals surface area contributed by atoms with Gasteiger partial charge in [-0.3, -0.25) is 4.79 Å². The number of ether oxygens (including phenoxy) is 2. The number of allylic oxidation sites excluding steroid dienone is 1. The summed E-state index contributed by atoms with van der Waals surface area (Å²) in [6.45, 7) is 8.11. The number of aliphatic hydroxyl groups is 3. The van der Waals surface area contributed by atoms with Gasteiger partial charge in [0, 0.05) is 24.0 Å². The van der Waals surface area contributed by atoms with Gasteiger partial charge in [0.15, 0.2) is 0 Å². The van der Waals surface area contributed by atoms with Crippen LogP contribution in [0.15, 0.2) is 22.8 Å². The summed E-state index contributed by atoms with van der Waals surface area (Å²) in [7, 11) is 0. The fourth-order valence-electron chi connectivity index (χ4n) is 4.77. The maximum absolute atomic E-state index is 12.4. The molecule has 1 aliphatic heterocycles. The van der Waals surface area contributed by atoms with Crippen LogP contribution in [0, 0.1) is 11.8 Å². The van der Waals surface area contributed by atoms with Crippen LogP contribution in [0.25, 0.3) is 0 Å². The average Bonchev–Trinajstić information content (AvgIpc) is 2.93. The van der Waals surface area contributed by atoms with Crippen LogP contribution in [-0.4, -0.2) is 56.8 Å². The van der Waals surface area contributed by atoms with E-state index in [1.807, 2.05) is 0 Å². The lowest BCUT2D eigenvalue weighted by Crippen LogP contribution is -2.42. The van der Waals surface area contributed by atoms with Gasteiger partial charge in [0.2, 0.25) is 0 Å². The van der Waals surface area contributed by atoms with Crippen molar-refractivity contribution in [2.75, 3.05) is 0 Å². The number of rotatable bonds is 2. The number of carbonyl (C=O) groups is 2. The molecular formula is C20H28O7. The molecule has 0 aromatic heterocycles. The molecule has 1 heterocycles. The predicted octanol–water partition coefficient (Wildman–Crippen LogP) is 1.01. The molecule has 3 aliphatic rings. The highest BCUT2D eigenvalue weighted by molar-refractivity contribution is 5.88. The predicted molar refractivity (Wildman–Crippen MR) is 95.4 cm³/mol. The van der Waals surface area contributed by atoms with Gasteiger partial charge < -0.3 is 24.8 Å². The van der Waals surface area contributed by atoms with Crippen LogP contribution in [0.5, 0.6) is 0 Å². The van der Waals surface area contributed by atoms with Crippen LogP contribution in [0.2, 0.25) is 0 Å². The molecule has 0 spiro atoms. The summed E-state index contributed by atoms with van der Waals surface area (Å²) in [5.74, 6) is -2.10. The third kappa shape index (κ3) is 3.11. The minimum Gasteiger partial charge on any atom is -0.458 e. The smallest absolute Gasteiger partial charge is 0.333 e. The van der Waals surface area contributed by atoms with Gasteiger partial charge in [-0.15, -0.1) is 0 Å². The standard InChI is InChI=1S/C20H28O7/c1-6-9(2)17(22)26-12-8-20(5,25)14-11(21)7-19(4,24)15(14)16-13(12)10(3)18(23)27-16/h6,10-13,16,21,24-25H,7-8H2,1-5H3/b9-6+/t10-,11+,12-,13+,16-,19-,20-/m0/s1. The molecule has 0 aromatic rings. The summed E-state index contributed by atoms with van der Waals surface area (Å²) in [4.78, 5) is 24.7. The van der Waals surface area contributed by atoms with E-state index in [0.717, 1.165) is 0 Å². The second kappa shape index (κ2) is 6.43. The van der Waals surface area contributed by atoms with Crippen molar-refractivity contribution >= 4 is 11.9 Å². The summed E-state index contributed by atoms with van der Waals surface area (Å²) in [5.41, 5.74) is -1.92. The number of aliphatic hydroxyl groups excluding tert-OH is 1. The van der Waals surface area contributed by atoms with Gasteiger partial charge in [-0.1, -0.05) is 13.0 Å². The van der Waals surface area contributed by atoms with E-state index in [-0.39, 0.29) is 18.4 Å². The van der Waals surface area contributed by atoms with Crippen molar-refractivity contribution in [3.05, 3.63) is 22.8 Å². The van der Waals surface area contributed by atoms with E-state index in [0.29, 0.717) is 11.1 Å². The number of esters is 2. The van der Waals surface area contributed by atoms with Crippen molar-refractivity contribution in [2.24, 2.45) is 11.8 Å². The van der Waals surface area contributed by atoms with Crippen LogP contribution in [-0.2, 0) is 19.1 Å². The van der Waals surface area contributed by atoms with Crippen LogP contribution >= 0.6 is 0 Å². The zero-order valence-electron chi connectivity index (χ0n) is 16.4. The first-order valence-corrected chi connectivity index (χ1v) is 9.33. The quantitative estimate of drug-likeness (QED) is 0.372. The number of carbonyl (C=O) groups excluding carboxylic acids is 2. The van der Waals surface area contributed by atoms with E-state index in [2.05, 4.69) is 0 Å². The topological polar surface area (TPSA) is 113 Å². The normalized spacial score (nSPS) is 44.5. The third-order valence-electron chi connectivity index (χ3n) is 6.24. The molecule has 0 saturated carbocycles. The zero-order chi connectivity index (χ0) is 20.3. The van der Waals surface area contributed by atoms with Gasteiger partial charge in [-0.2, -0.15) is 0 Å². The van der Waals surface area contributed by atoms with Crippen molar-refractivity contribution < 1.29 is 34.4 Å². The van der Waals surface area contributed by atoms with E-state index < -0.39 is 53.3 Å². The summed E-state index contributed by atoms with van der Waals surface area (Å²) in [6.07, 6.45) is -1.07. The van der Waals surface area contributed by atoms with Gasteiger partial charge in [0.05, 0.1) is 29.1 Å². The molecule has 7 heteroatoms. The van der Waals surface area contributed by atoms with Crippen LogP contribution in [0.4, 0.5) is 0 Å². The number of hydrogen-bond donors (Lipinski definition) is 3. The number of fused-ring (bicyclic) bond motifs is 2. The number of hydrogen-bond acceptors (Lipinski definition) is 7. The first-order valence-electron chi connectivity index (χ1n) is 9.33. The molecule has 7 nitrogen and oxygen atoms in total. The van der Waals surface area contributed by atoms with E-state index in [4.69, 9.17) is 9.47 Å². The Bertz CT molecular complexity index is 731. The average molecular weight is 380 g/mol. The third-order valence-corrected chi connectivity index (χ3v) is 6.24. The van der Waals surface area contributed by atoms with Crippen LogP contribution < -0.4 is 0 Å². The molecule has 3 N–H and O–H groups in total. The van der Waals surface area contributed by atoms with Gasteiger partial charge in [0.1, 0.15) is 12.2 Å². The highest BCUT2D eigenvalue weighted by atomic mass is 16.6. The summed E-state index contributed by atoms with van der Waals surface area (Å²) in [5, 5.41) is 32.6. The second-order valence-corrected chi connectivity index (χ2v) is 8.44. The molecule has 150 valence electrons. The van der Waals surface area contributed by atoms with Gasteiger partial charge >= 0.3 is 11.9 Å². The minimum absolute atomic E-state index is 0.00382. The zero-order valence-corrected chi connectivity index (χ0v) is 16.4. The fraction of sp³-hybridized carbons (Fsp3) is 0.700. The Kier molecular flexibility index (Phi) is 4.77. The molecule has 3 rings (SSSR count). The molecule has 2 aliphatic carbocycles. The Labute approximate surface area is 158 Å². The first kappa shape index (κ1) is 20.0. The van der Waals surface area contributed by atoms with Gasteiger partial charge in [0.25, 0.3) is 0 Å². The molecule has 27 heavy (non-hydrogen) atoms. The summed E-state index contributed by atoms with van der Waals surface area (Å²) in [6, 6.07) is 0. The lowest BCUT2D eigenvalue weighted by molar-refractivity contribution is -0.151. The van der Waals surface area contributed by atoms with E-state index in [9.17, 15) is 24.9 Å². The summed E-state index contributed by atoms with van der Waals surface area (Å²) < 4.78 is 11.2. The molecule has 1 saturated heterocycles. The van der Waals surface area contributed by atoms with Crippen molar-refractivity contribution in [3.63, 3.8) is 0 Å². The van der Waals surface area contributed by atoms with Crippen molar-refractivity contribution in [3.8, 4) is 0 Å². The molecule has 0 unspecified atom stereocenters. The monoisotopic (exact) mass is 380 g/mol. The van der Waals surface area contributed by atoms with Crippen LogP contribution in [0.3, 0.4) is 0 Å². The molecule has 7 atom stereocenters. The van der Waals surface area contributed by atoms with Crippen molar-refractivity contribution in [1.82, 2.24) is 0 Å². The molecule has 0 aromatic carbocycles. The maximum atomic E-state index is 12.4. The van der Waals surface area contributed by atoms with E-state index in [1.165, 1.54) is 6.92 Å². The molecule has 0 radical (unpaired) electrons. The van der Waals surface area contributed by atoms with E-state index in [1.54, 1.807) is 33.8 Å². The second-order valence-electron chi connectivity index (χ2n) is 8.44. The SMILES string of the molecule is C/C=C(\C)C(=O)O[C@H]1C[C@](C)(O)C2=C([C@H]3OC(=O)[C@@H](C)[C@H]13)[C@@](C)(O)C[C@H]2O. The van der Waals surface area contributed by atoms with Gasteiger partial charge in [-0.05, 0) is 33.3 Å². The highest BCUT2D eigenvalue weighted by Gasteiger charge is 2.60. The lowest BCUT2D eigenvalue weighted by atomic mass is 9.80. The Balaban J connectivity index is 2.10. The minimum atomic E-state index is -1.51. The molecule has 0 bridgehead atoms. The first-order chi connectivity index (χ1) is 12.4.